The van der Waals surface area contributed by atoms with Crippen LogP contribution in [0.25, 0.3) is 11.2 Å². The molecule has 7 N–H and O–H groups in total. The van der Waals surface area contributed by atoms with E-state index in [1.54, 1.807) is 6.92 Å². The summed E-state index contributed by atoms with van der Waals surface area (Å²) in [6.07, 6.45) is -4.55. The molecule has 2 aromatic carbocycles. The number of anilines is 1. The summed E-state index contributed by atoms with van der Waals surface area (Å²) in [5.74, 6) is -0.500. The maximum atomic E-state index is 13.7. The summed E-state index contributed by atoms with van der Waals surface area (Å²) in [7, 11) is 0. The van der Waals surface area contributed by atoms with Gasteiger partial charge in [0.15, 0.2) is 18.0 Å². The smallest absolute Gasteiger partial charge is 0.273 e. The van der Waals surface area contributed by atoms with Crippen molar-refractivity contribution in [2.75, 3.05) is 23.4 Å². The van der Waals surface area contributed by atoms with E-state index in [4.69, 9.17) is 9.72 Å². The number of nitrogens with zero attached hydrogens (tertiary/aromatic N) is 5. The van der Waals surface area contributed by atoms with Gasteiger partial charge in [-0.25, -0.2) is 20.0 Å². The molecule has 1 amide bonds. The first kappa shape index (κ1) is 31.0. The first-order valence-electron chi connectivity index (χ1n) is 14.9. The molecule has 45 heavy (non-hydrogen) atoms. The number of aliphatic hydroxyl groups excluding tert-OH is 5. The Hall–Kier alpha value is -4.02. The van der Waals surface area contributed by atoms with Crippen molar-refractivity contribution in [3.63, 3.8) is 0 Å². The topological polar surface area (TPSA) is 198 Å². The van der Waals surface area contributed by atoms with Crippen LogP contribution >= 0.6 is 0 Å². The Morgan fingerprint density at radius 1 is 0.978 bits per heavy atom. The van der Waals surface area contributed by atoms with Crippen molar-refractivity contribution in [2.45, 2.75) is 68.2 Å². The maximum Gasteiger partial charge on any atom is 0.273 e. The Labute approximate surface area is 258 Å². The zero-order valence-electron chi connectivity index (χ0n) is 24.6. The number of fused-ring (bicyclic) bond motifs is 1. The number of aromatic nitrogens is 4. The summed E-state index contributed by atoms with van der Waals surface area (Å²) in [5.41, 5.74) is 1.49. The normalized spacial score (nSPS) is 26.8. The number of hydrogen-bond acceptors (Lipinski definition) is 12. The summed E-state index contributed by atoms with van der Waals surface area (Å²) < 4.78 is 6.69. The number of imidazole rings is 1. The quantitative estimate of drug-likeness (QED) is 0.121. The SMILES string of the molecule is CCN(C(=O)[C@H]1O[C@@H](O)[C@H](O)[C@@H]1O)n1c(NCC(NC2CCC(O)C2O)(c2ccccc2)c2ccccc2)nc2cncnc21. The molecule has 0 spiro atoms. The third-order valence-corrected chi connectivity index (χ3v) is 8.63. The van der Waals surface area contributed by atoms with Crippen molar-refractivity contribution in [3.05, 3.63) is 84.3 Å². The predicted molar refractivity (Wildman–Crippen MR) is 162 cm³/mol. The molecule has 238 valence electrons. The molecule has 1 saturated heterocycles. The highest BCUT2D eigenvalue weighted by Crippen LogP contribution is 2.34. The molecule has 2 aromatic heterocycles. The number of ether oxygens (including phenoxy) is 1. The van der Waals surface area contributed by atoms with Crippen LogP contribution in [0, 0.1) is 0 Å². The molecular formula is C31H37N7O7. The minimum Gasteiger partial charge on any atom is -0.390 e. The molecule has 7 atom stereocenters. The standard InChI is InChI=1S/C31H37N7O7/c1-2-37(28(43)26-24(41)25(42)29(44)45-26)38-27-21(15-32-17-34-27)35-30(38)33-16-31(18-9-5-3-6-10-18,19-11-7-4-8-12-19)36-20-13-14-22(39)23(20)40/h3-12,15,17,20,22-26,29,36,39-42,44H,2,13-14,16H2,1H3,(H,33,35)/t20?,22?,23?,24-,25+,26-,29+/m0/s1. The number of benzene rings is 2. The van der Waals surface area contributed by atoms with Crippen LogP contribution < -0.4 is 15.6 Å². The Bertz CT molecular complexity index is 1570. The van der Waals surface area contributed by atoms with Crippen molar-refractivity contribution in [1.82, 2.24) is 24.9 Å². The van der Waals surface area contributed by atoms with E-state index in [9.17, 15) is 30.3 Å². The van der Waals surface area contributed by atoms with Gasteiger partial charge in [0.1, 0.15) is 24.1 Å². The average Bonchev–Trinajstić information content (AvgIpc) is 3.68. The van der Waals surface area contributed by atoms with Crippen LogP contribution in [0.3, 0.4) is 0 Å². The third-order valence-electron chi connectivity index (χ3n) is 8.63. The Kier molecular flexibility index (Phi) is 8.79. The second kappa shape index (κ2) is 12.8. The minimum atomic E-state index is -1.72. The van der Waals surface area contributed by atoms with Gasteiger partial charge in [0, 0.05) is 19.1 Å². The summed E-state index contributed by atoms with van der Waals surface area (Å²) in [5, 5.41) is 60.1. The fraction of sp³-hybridized carbons (Fsp3) is 0.419. The number of likely N-dealkylation sites (N-methyl/N-ethyl adjacent to an activating group) is 1. The van der Waals surface area contributed by atoms with E-state index in [1.165, 1.54) is 22.2 Å². The molecule has 6 rings (SSSR count). The Morgan fingerprint density at radius 3 is 2.20 bits per heavy atom. The number of amides is 1. The highest BCUT2D eigenvalue weighted by molar-refractivity contribution is 5.93. The predicted octanol–water partition coefficient (Wildman–Crippen LogP) is -0.421. The Balaban J connectivity index is 1.43. The zero-order valence-corrected chi connectivity index (χ0v) is 24.6. The molecule has 14 heteroatoms. The Morgan fingerprint density at radius 2 is 1.64 bits per heavy atom. The first-order valence-corrected chi connectivity index (χ1v) is 14.9. The molecular weight excluding hydrogens is 582 g/mol. The number of rotatable bonds is 10. The van der Waals surface area contributed by atoms with E-state index < -0.39 is 54.3 Å². The molecule has 1 aliphatic carbocycles. The van der Waals surface area contributed by atoms with E-state index in [2.05, 4.69) is 20.6 Å². The number of carbonyl (C=O) groups is 1. The van der Waals surface area contributed by atoms with Crippen LogP contribution in [-0.2, 0) is 15.1 Å². The lowest BCUT2D eigenvalue weighted by atomic mass is 9.81. The number of aliphatic hydroxyl groups is 5. The van der Waals surface area contributed by atoms with Crippen LogP contribution in [-0.4, -0.2) is 107 Å². The van der Waals surface area contributed by atoms with Crippen molar-refractivity contribution in [3.8, 4) is 0 Å². The van der Waals surface area contributed by atoms with Crippen molar-refractivity contribution < 1.29 is 35.1 Å². The molecule has 1 aliphatic heterocycles. The first-order chi connectivity index (χ1) is 21.7. The van der Waals surface area contributed by atoms with Gasteiger partial charge in [0.05, 0.1) is 23.9 Å². The van der Waals surface area contributed by atoms with Gasteiger partial charge < -0.3 is 35.6 Å². The monoisotopic (exact) mass is 619 g/mol. The van der Waals surface area contributed by atoms with E-state index in [0.29, 0.717) is 24.0 Å². The number of hydrogen-bond donors (Lipinski definition) is 7. The largest absolute Gasteiger partial charge is 0.390 e. The number of carbonyl (C=O) groups excluding carboxylic acids is 1. The van der Waals surface area contributed by atoms with Gasteiger partial charge >= 0.3 is 0 Å². The molecule has 0 bridgehead atoms. The van der Waals surface area contributed by atoms with E-state index in [1.807, 2.05) is 60.7 Å². The van der Waals surface area contributed by atoms with Crippen molar-refractivity contribution in [1.29, 1.82) is 0 Å². The minimum absolute atomic E-state index is 0.0919. The molecule has 2 aliphatic rings. The van der Waals surface area contributed by atoms with Crippen LogP contribution in [0.5, 0.6) is 0 Å². The second-order valence-corrected chi connectivity index (χ2v) is 11.3. The fourth-order valence-corrected chi connectivity index (χ4v) is 6.25. The summed E-state index contributed by atoms with van der Waals surface area (Å²) in [6.45, 7) is 1.98. The molecule has 14 nitrogen and oxygen atoms in total. The molecule has 4 aromatic rings. The lowest BCUT2D eigenvalue weighted by molar-refractivity contribution is -0.150. The fourth-order valence-electron chi connectivity index (χ4n) is 6.25. The molecule has 2 fully saturated rings. The van der Waals surface area contributed by atoms with Gasteiger partial charge in [-0.1, -0.05) is 60.7 Å². The molecule has 3 unspecified atom stereocenters. The highest BCUT2D eigenvalue weighted by Gasteiger charge is 2.48. The van der Waals surface area contributed by atoms with Crippen LogP contribution in [0.2, 0.25) is 0 Å². The van der Waals surface area contributed by atoms with Crippen molar-refractivity contribution >= 4 is 23.0 Å². The van der Waals surface area contributed by atoms with Crippen molar-refractivity contribution in [2.24, 2.45) is 0 Å². The highest BCUT2D eigenvalue weighted by atomic mass is 16.6. The lowest BCUT2D eigenvalue weighted by Crippen LogP contribution is -2.56. The third kappa shape index (κ3) is 5.66. The maximum absolute atomic E-state index is 13.7. The molecule has 3 heterocycles. The molecule has 1 saturated carbocycles. The average molecular weight is 620 g/mol. The van der Waals surface area contributed by atoms with Crippen LogP contribution in [0.15, 0.2) is 73.2 Å². The van der Waals surface area contributed by atoms with E-state index in [0.717, 1.165) is 11.1 Å². The lowest BCUT2D eigenvalue weighted by Gasteiger charge is -2.40. The summed E-state index contributed by atoms with van der Waals surface area (Å²) in [6, 6.07) is 19.0. The van der Waals surface area contributed by atoms with Crippen LogP contribution in [0.4, 0.5) is 5.95 Å². The zero-order chi connectivity index (χ0) is 31.7. The van der Waals surface area contributed by atoms with Gasteiger partial charge in [-0.3, -0.25) is 10.1 Å². The van der Waals surface area contributed by atoms with Gasteiger partial charge in [-0.2, -0.15) is 4.68 Å². The van der Waals surface area contributed by atoms with E-state index in [-0.39, 0.29) is 19.0 Å². The summed E-state index contributed by atoms with van der Waals surface area (Å²) >= 11 is 0. The van der Waals surface area contributed by atoms with Gasteiger partial charge in [-0.15, -0.1) is 0 Å². The van der Waals surface area contributed by atoms with Gasteiger partial charge in [-0.05, 0) is 30.9 Å². The van der Waals surface area contributed by atoms with E-state index >= 15 is 0 Å². The van der Waals surface area contributed by atoms with Gasteiger partial charge in [0.25, 0.3) is 5.91 Å². The van der Waals surface area contributed by atoms with Gasteiger partial charge in [0.2, 0.25) is 5.95 Å². The molecule has 0 radical (unpaired) electrons. The summed E-state index contributed by atoms with van der Waals surface area (Å²) in [4.78, 5) is 26.9. The number of nitrogens with one attached hydrogen (secondary N) is 2. The van der Waals surface area contributed by atoms with Crippen LogP contribution in [0.1, 0.15) is 30.9 Å². The second-order valence-electron chi connectivity index (χ2n) is 11.3.